The third-order valence-corrected chi connectivity index (χ3v) is 6.67. The minimum absolute atomic E-state index is 0.0389. The number of likely N-dealkylation sites (tertiary alicyclic amines) is 1. The van der Waals surface area contributed by atoms with Crippen LogP contribution in [0.2, 0.25) is 0 Å². The number of fused-ring (bicyclic) bond motifs is 1. The van der Waals surface area contributed by atoms with Gasteiger partial charge in [0, 0.05) is 6.54 Å². The zero-order valence-corrected chi connectivity index (χ0v) is 20.4. The summed E-state index contributed by atoms with van der Waals surface area (Å²) in [4.78, 5) is 25.7. The van der Waals surface area contributed by atoms with Crippen LogP contribution in [0.25, 0.3) is 16.7 Å². The Bertz CT molecular complexity index is 1410. The van der Waals surface area contributed by atoms with Gasteiger partial charge in [0.1, 0.15) is 5.82 Å². The average Bonchev–Trinajstić information content (AvgIpc) is 3.52. The van der Waals surface area contributed by atoms with Crippen molar-refractivity contribution in [1.82, 2.24) is 29.9 Å². The largest absolute Gasteiger partial charge is 0.340 e. The third kappa shape index (κ3) is 3.81. The van der Waals surface area contributed by atoms with E-state index in [-0.39, 0.29) is 17.4 Å². The Morgan fingerprint density at radius 1 is 1.09 bits per heavy atom. The summed E-state index contributed by atoms with van der Waals surface area (Å²) in [6, 6.07) is 10.0. The van der Waals surface area contributed by atoms with Crippen LogP contribution in [-0.4, -0.2) is 42.3 Å². The molecule has 1 saturated heterocycles. The summed E-state index contributed by atoms with van der Waals surface area (Å²) in [6.07, 6.45) is 3.91. The van der Waals surface area contributed by atoms with E-state index in [1.807, 2.05) is 30.9 Å². The van der Waals surface area contributed by atoms with Gasteiger partial charge in [0.25, 0.3) is 5.91 Å². The van der Waals surface area contributed by atoms with E-state index in [2.05, 4.69) is 60.7 Å². The van der Waals surface area contributed by atoms with Crippen molar-refractivity contribution in [3.63, 3.8) is 0 Å². The van der Waals surface area contributed by atoms with Gasteiger partial charge in [0.15, 0.2) is 0 Å². The number of rotatable bonds is 3. The van der Waals surface area contributed by atoms with Crippen LogP contribution in [0, 0.1) is 13.8 Å². The summed E-state index contributed by atoms with van der Waals surface area (Å²) in [5.74, 6) is 0.713. The maximum atomic E-state index is 13.9. The lowest BCUT2D eigenvalue weighted by Gasteiger charge is -2.24. The number of aryl methyl sites for hydroxylation is 2. The Balaban J connectivity index is 1.55. The first kappa shape index (κ1) is 22.1. The Labute approximate surface area is 199 Å². The van der Waals surface area contributed by atoms with Crippen molar-refractivity contribution in [2.75, 3.05) is 6.54 Å². The minimum atomic E-state index is -0.203. The summed E-state index contributed by atoms with van der Waals surface area (Å²) in [5.41, 5.74) is 7.55. The maximum absolute atomic E-state index is 13.9. The number of H-pyrrole nitrogens is 1. The summed E-state index contributed by atoms with van der Waals surface area (Å²) in [5, 5.41) is 8.55. The number of aromatic nitrogens is 5. The van der Waals surface area contributed by atoms with Crippen molar-refractivity contribution in [3.8, 4) is 5.69 Å². The van der Waals surface area contributed by atoms with Crippen LogP contribution in [-0.2, 0) is 5.41 Å². The average molecular weight is 455 g/mol. The lowest BCUT2D eigenvalue weighted by Crippen LogP contribution is -2.32. The van der Waals surface area contributed by atoms with Gasteiger partial charge in [-0.25, -0.2) is 4.98 Å². The van der Waals surface area contributed by atoms with Crippen molar-refractivity contribution in [2.24, 2.45) is 0 Å². The SMILES string of the molecule is C=C1C[C@@H](c2nc3cc(C(C)(C)C)ccc3[nH]2)N(C(=O)c2cc(C)c(C)cc2-n2nccn2)C1. The zero-order chi connectivity index (χ0) is 24.2. The zero-order valence-electron chi connectivity index (χ0n) is 20.4. The minimum Gasteiger partial charge on any atom is -0.340 e. The number of hydrogen-bond acceptors (Lipinski definition) is 4. The molecule has 1 N–H and O–H groups in total. The number of carbonyl (C=O) groups is 1. The Morgan fingerprint density at radius 2 is 1.79 bits per heavy atom. The summed E-state index contributed by atoms with van der Waals surface area (Å²) >= 11 is 0. The van der Waals surface area contributed by atoms with E-state index in [4.69, 9.17) is 4.98 Å². The molecule has 0 saturated carbocycles. The van der Waals surface area contributed by atoms with Crippen LogP contribution in [0.5, 0.6) is 0 Å². The third-order valence-electron chi connectivity index (χ3n) is 6.67. The molecule has 1 aliphatic heterocycles. The van der Waals surface area contributed by atoms with E-state index in [1.165, 1.54) is 10.4 Å². The van der Waals surface area contributed by atoms with E-state index in [9.17, 15) is 4.79 Å². The number of carbonyl (C=O) groups excluding carboxylic acids is 1. The van der Waals surface area contributed by atoms with Gasteiger partial charge in [-0.15, -0.1) is 0 Å². The van der Waals surface area contributed by atoms with E-state index < -0.39 is 0 Å². The van der Waals surface area contributed by atoms with Crippen LogP contribution < -0.4 is 0 Å². The monoisotopic (exact) mass is 454 g/mol. The smallest absolute Gasteiger partial charge is 0.257 e. The van der Waals surface area contributed by atoms with Crippen molar-refractivity contribution < 1.29 is 4.79 Å². The topological polar surface area (TPSA) is 79.7 Å². The molecule has 0 unspecified atom stereocenters. The number of aromatic amines is 1. The summed E-state index contributed by atoms with van der Waals surface area (Å²) < 4.78 is 0. The predicted octanol–water partition coefficient (Wildman–Crippen LogP) is 5.20. The maximum Gasteiger partial charge on any atom is 0.257 e. The summed E-state index contributed by atoms with van der Waals surface area (Å²) in [6.45, 7) is 15.3. The number of imidazole rings is 1. The molecular formula is C27H30N6O. The van der Waals surface area contributed by atoms with E-state index in [0.717, 1.165) is 33.6 Å². The quantitative estimate of drug-likeness (QED) is 0.432. The fraction of sp³-hybridized carbons (Fsp3) is 0.333. The number of nitrogens with one attached hydrogen (secondary N) is 1. The first-order valence-corrected chi connectivity index (χ1v) is 11.6. The molecule has 0 radical (unpaired) electrons. The molecule has 0 aliphatic carbocycles. The number of hydrogen-bond donors (Lipinski definition) is 1. The number of amides is 1. The van der Waals surface area contributed by atoms with Crippen molar-refractivity contribution in [3.05, 3.63) is 83.0 Å². The van der Waals surface area contributed by atoms with Crippen LogP contribution in [0.4, 0.5) is 0 Å². The molecule has 2 aromatic carbocycles. The first-order valence-electron chi connectivity index (χ1n) is 11.6. The molecule has 7 nitrogen and oxygen atoms in total. The van der Waals surface area contributed by atoms with Crippen LogP contribution in [0.1, 0.15) is 66.1 Å². The highest BCUT2D eigenvalue weighted by atomic mass is 16.2. The number of nitrogens with zero attached hydrogens (tertiary/aromatic N) is 5. The van der Waals surface area contributed by atoms with Gasteiger partial charge in [-0.1, -0.05) is 39.0 Å². The van der Waals surface area contributed by atoms with E-state index in [0.29, 0.717) is 24.2 Å². The Kier molecular flexibility index (Phi) is 5.15. The van der Waals surface area contributed by atoms with Crippen LogP contribution >= 0.6 is 0 Å². The van der Waals surface area contributed by atoms with Gasteiger partial charge in [-0.2, -0.15) is 15.0 Å². The second kappa shape index (κ2) is 7.94. The second-order valence-electron chi connectivity index (χ2n) is 10.3. The molecule has 7 heteroatoms. The van der Waals surface area contributed by atoms with Crippen molar-refractivity contribution in [1.29, 1.82) is 0 Å². The van der Waals surface area contributed by atoms with E-state index >= 15 is 0 Å². The molecule has 0 spiro atoms. The van der Waals surface area contributed by atoms with Gasteiger partial charge in [-0.3, -0.25) is 4.79 Å². The van der Waals surface area contributed by atoms with Gasteiger partial charge in [0.2, 0.25) is 0 Å². The molecule has 1 atom stereocenters. The predicted molar refractivity (Wildman–Crippen MR) is 133 cm³/mol. The molecule has 1 aliphatic rings. The van der Waals surface area contributed by atoms with E-state index in [1.54, 1.807) is 12.4 Å². The first-order chi connectivity index (χ1) is 16.1. The van der Waals surface area contributed by atoms with Crippen molar-refractivity contribution in [2.45, 2.75) is 52.5 Å². The normalized spacial score (nSPS) is 16.6. The molecule has 0 bridgehead atoms. The van der Waals surface area contributed by atoms with Gasteiger partial charge in [0.05, 0.1) is 40.7 Å². The van der Waals surface area contributed by atoms with Crippen LogP contribution in [0.15, 0.2) is 54.9 Å². The van der Waals surface area contributed by atoms with Crippen molar-refractivity contribution >= 4 is 16.9 Å². The lowest BCUT2D eigenvalue weighted by molar-refractivity contribution is 0.0732. The Morgan fingerprint density at radius 3 is 2.50 bits per heavy atom. The molecular weight excluding hydrogens is 424 g/mol. The van der Waals surface area contributed by atoms with Gasteiger partial charge < -0.3 is 9.88 Å². The molecule has 2 aromatic heterocycles. The molecule has 1 fully saturated rings. The number of benzene rings is 2. The lowest BCUT2D eigenvalue weighted by atomic mass is 9.87. The molecule has 34 heavy (non-hydrogen) atoms. The van der Waals surface area contributed by atoms with Gasteiger partial charge in [-0.05, 0) is 66.6 Å². The molecule has 5 rings (SSSR count). The molecule has 4 aromatic rings. The molecule has 3 heterocycles. The highest BCUT2D eigenvalue weighted by Crippen LogP contribution is 2.36. The molecule has 174 valence electrons. The second-order valence-corrected chi connectivity index (χ2v) is 10.3. The fourth-order valence-corrected chi connectivity index (χ4v) is 4.54. The summed E-state index contributed by atoms with van der Waals surface area (Å²) in [7, 11) is 0. The molecule has 1 amide bonds. The van der Waals surface area contributed by atoms with Crippen LogP contribution in [0.3, 0.4) is 0 Å². The standard InChI is InChI=1S/C27H30N6O/c1-16-11-24(25-30-21-8-7-19(27(4,5)6)14-22(21)31-25)32(15-16)26(34)20-12-17(2)18(3)13-23(20)33-28-9-10-29-33/h7-10,12-14,24H,1,11,15H2,2-6H3,(H,30,31)/t24-/m0/s1. The highest BCUT2D eigenvalue weighted by molar-refractivity contribution is 5.98. The Hall–Kier alpha value is -3.74. The highest BCUT2D eigenvalue weighted by Gasteiger charge is 2.36. The fourth-order valence-electron chi connectivity index (χ4n) is 4.54. The van der Waals surface area contributed by atoms with Gasteiger partial charge >= 0.3 is 0 Å².